The van der Waals surface area contributed by atoms with Crippen molar-refractivity contribution < 1.29 is 0 Å². The van der Waals surface area contributed by atoms with Gasteiger partial charge in [-0.15, -0.1) is 0 Å². The zero-order valence-corrected chi connectivity index (χ0v) is 11.4. The fourth-order valence-corrected chi connectivity index (χ4v) is 1.70. The monoisotopic (exact) mass is 237 g/mol. The summed E-state index contributed by atoms with van der Waals surface area (Å²) in [6, 6.07) is 8.72. The Hall–Kier alpha value is -0.630. The van der Waals surface area contributed by atoms with E-state index in [1.807, 2.05) is 0 Å². The van der Waals surface area contributed by atoms with Crippen LogP contribution in [0.1, 0.15) is 45.1 Å². The van der Waals surface area contributed by atoms with Crippen LogP contribution in [0.4, 0.5) is 5.69 Å². The first-order chi connectivity index (χ1) is 7.63. The molecule has 0 saturated heterocycles. The predicted octanol–water partition coefficient (Wildman–Crippen LogP) is 4.32. The van der Waals surface area contributed by atoms with Gasteiger partial charge >= 0.3 is 0 Å². The standard InChI is InChI=1S/C14H23NS/c1-4-14(16)9-10-15-13-7-5-12(6-8-13)11(2)3/h5-8,11,14-16H,4,9-10H2,1-3H3. The summed E-state index contributed by atoms with van der Waals surface area (Å²) >= 11 is 4.48. The summed E-state index contributed by atoms with van der Waals surface area (Å²) in [6.45, 7) is 7.61. The zero-order chi connectivity index (χ0) is 12.0. The summed E-state index contributed by atoms with van der Waals surface area (Å²) in [5.41, 5.74) is 2.60. The van der Waals surface area contributed by atoms with Crippen LogP contribution in [-0.4, -0.2) is 11.8 Å². The average Bonchev–Trinajstić information content (AvgIpc) is 2.29. The van der Waals surface area contributed by atoms with Crippen LogP contribution in [0, 0.1) is 0 Å². The fraction of sp³-hybridized carbons (Fsp3) is 0.571. The minimum Gasteiger partial charge on any atom is -0.385 e. The van der Waals surface area contributed by atoms with Crippen LogP contribution in [0.2, 0.25) is 0 Å². The molecule has 1 nitrogen and oxygen atoms in total. The Kier molecular flexibility index (Phi) is 5.75. The van der Waals surface area contributed by atoms with Gasteiger partial charge in [-0.3, -0.25) is 0 Å². The maximum absolute atomic E-state index is 4.48. The molecule has 0 aliphatic carbocycles. The largest absolute Gasteiger partial charge is 0.385 e. The first-order valence-corrected chi connectivity index (χ1v) is 6.67. The molecule has 1 aromatic carbocycles. The van der Waals surface area contributed by atoms with Crippen molar-refractivity contribution in [2.24, 2.45) is 0 Å². The first-order valence-electron chi connectivity index (χ1n) is 6.15. The Labute approximate surface area is 105 Å². The highest BCUT2D eigenvalue weighted by Gasteiger charge is 2.00. The smallest absolute Gasteiger partial charge is 0.0340 e. The number of rotatable bonds is 6. The van der Waals surface area contributed by atoms with Gasteiger partial charge in [0.25, 0.3) is 0 Å². The van der Waals surface area contributed by atoms with Crippen LogP contribution in [0.3, 0.4) is 0 Å². The molecule has 0 bridgehead atoms. The average molecular weight is 237 g/mol. The van der Waals surface area contributed by atoms with Crippen molar-refractivity contribution in [3.63, 3.8) is 0 Å². The highest BCUT2D eigenvalue weighted by molar-refractivity contribution is 7.80. The van der Waals surface area contributed by atoms with Gasteiger partial charge < -0.3 is 5.32 Å². The van der Waals surface area contributed by atoms with E-state index in [9.17, 15) is 0 Å². The summed E-state index contributed by atoms with van der Waals surface area (Å²) < 4.78 is 0. The minimum absolute atomic E-state index is 0.516. The van der Waals surface area contributed by atoms with Crippen LogP contribution >= 0.6 is 12.6 Å². The van der Waals surface area contributed by atoms with E-state index < -0.39 is 0 Å². The Bertz CT molecular complexity index is 292. The number of hydrogen-bond acceptors (Lipinski definition) is 2. The van der Waals surface area contributed by atoms with Gasteiger partial charge in [-0.25, -0.2) is 0 Å². The van der Waals surface area contributed by atoms with Gasteiger partial charge in [0.05, 0.1) is 0 Å². The van der Waals surface area contributed by atoms with Crippen molar-refractivity contribution >= 4 is 18.3 Å². The van der Waals surface area contributed by atoms with E-state index in [1.165, 1.54) is 11.3 Å². The van der Waals surface area contributed by atoms with Gasteiger partial charge in [0.1, 0.15) is 0 Å². The van der Waals surface area contributed by atoms with Gasteiger partial charge in [-0.05, 0) is 36.5 Å². The summed E-state index contributed by atoms with van der Waals surface area (Å²) in [5.74, 6) is 0.607. The van der Waals surface area contributed by atoms with E-state index in [0.717, 1.165) is 19.4 Å². The lowest BCUT2D eigenvalue weighted by atomic mass is 10.0. The highest BCUT2D eigenvalue weighted by Crippen LogP contribution is 2.17. The molecule has 2 heteroatoms. The summed E-state index contributed by atoms with van der Waals surface area (Å²) in [7, 11) is 0. The molecule has 0 spiro atoms. The summed E-state index contributed by atoms with van der Waals surface area (Å²) in [6.07, 6.45) is 2.25. The second-order valence-corrected chi connectivity index (χ2v) is 5.28. The third kappa shape index (κ3) is 4.48. The van der Waals surface area contributed by atoms with Crippen LogP contribution in [0.5, 0.6) is 0 Å². The molecule has 0 fully saturated rings. The van der Waals surface area contributed by atoms with Crippen LogP contribution in [0.25, 0.3) is 0 Å². The van der Waals surface area contributed by atoms with E-state index in [1.54, 1.807) is 0 Å². The van der Waals surface area contributed by atoms with E-state index in [0.29, 0.717) is 11.2 Å². The van der Waals surface area contributed by atoms with E-state index in [4.69, 9.17) is 0 Å². The molecular weight excluding hydrogens is 214 g/mol. The molecule has 0 heterocycles. The van der Waals surface area contributed by atoms with Gasteiger partial charge in [-0.2, -0.15) is 12.6 Å². The molecule has 0 saturated carbocycles. The van der Waals surface area contributed by atoms with E-state index >= 15 is 0 Å². The fourth-order valence-electron chi connectivity index (χ4n) is 1.57. The third-order valence-electron chi connectivity index (χ3n) is 2.86. The van der Waals surface area contributed by atoms with Crippen LogP contribution in [0.15, 0.2) is 24.3 Å². The van der Waals surface area contributed by atoms with Gasteiger partial charge in [-0.1, -0.05) is 32.9 Å². The molecule has 90 valence electrons. The van der Waals surface area contributed by atoms with Crippen molar-refractivity contribution in [3.05, 3.63) is 29.8 Å². The molecule has 1 aromatic rings. The van der Waals surface area contributed by atoms with Crippen molar-refractivity contribution in [2.45, 2.75) is 44.8 Å². The van der Waals surface area contributed by atoms with Crippen molar-refractivity contribution in [1.82, 2.24) is 0 Å². The quantitative estimate of drug-likeness (QED) is 0.702. The lowest BCUT2D eigenvalue weighted by Crippen LogP contribution is -2.08. The molecule has 1 unspecified atom stereocenters. The van der Waals surface area contributed by atoms with Gasteiger partial charge in [0.2, 0.25) is 0 Å². The molecule has 1 atom stereocenters. The number of thiol groups is 1. The first kappa shape index (κ1) is 13.4. The van der Waals surface area contributed by atoms with E-state index in [-0.39, 0.29) is 0 Å². The predicted molar refractivity (Wildman–Crippen MR) is 76.7 cm³/mol. The number of benzene rings is 1. The van der Waals surface area contributed by atoms with Crippen LogP contribution in [-0.2, 0) is 0 Å². The number of hydrogen-bond donors (Lipinski definition) is 2. The lowest BCUT2D eigenvalue weighted by Gasteiger charge is -2.11. The number of nitrogens with one attached hydrogen (secondary N) is 1. The molecule has 0 aliphatic heterocycles. The summed E-state index contributed by atoms with van der Waals surface area (Å²) in [4.78, 5) is 0. The molecule has 1 N–H and O–H groups in total. The van der Waals surface area contributed by atoms with Crippen molar-refractivity contribution in [3.8, 4) is 0 Å². The Morgan fingerprint density at radius 3 is 2.31 bits per heavy atom. The molecule has 0 amide bonds. The maximum Gasteiger partial charge on any atom is 0.0340 e. The number of anilines is 1. The highest BCUT2D eigenvalue weighted by atomic mass is 32.1. The molecule has 0 radical (unpaired) electrons. The third-order valence-corrected chi connectivity index (χ3v) is 3.48. The van der Waals surface area contributed by atoms with Gasteiger partial charge in [0.15, 0.2) is 0 Å². The Balaban J connectivity index is 2.38. The normalized spacial score (nSPS) is 12.8. The van der Waals surface area contributed by atoms with Crippen molar-refractivity contribution in [1.29, 1.82) is 0 Å². The lowest BCUT2D eigenvalue weighted by molar-refractivity contribution is 0.768. The maximum atomic E-state index is 4.48. The van der Waals surface area contributed by atoms with Gasteiger partial charge in [0, 0.05) is 17.5 Å². The Morgan fingerprint density at radius 2 is 1.81 bits per heavy atom. The minimum atomic E-state index is 0.516. The van der Waals surface area contributed by atoms with Crippen molar-refractivity contribution in [2.75, 3.05) is 11.9 Å². The van der Waals surface area contributed by atoms with E-state index in [2.05, 4.69) is 63.0 Å². The molecule has 16 heavy (non-hydrogen) atoms. The topological polar surface area (TPSA) is 12.0 Å². The second-order valence-electron chi connectivity index (χ2n) is 4.55. The Morgan fingerprint density at radius 1 is 1.19 bits per heavy atom. The van der Waals surface area contributed by atoms with Crippen LogP contribution < -0.4 is 5.32 Å². The molecule has 0 aliphatic rings. The molecule has 1 rings (SSSR count). The summed E-state index contributed by atoms with van der Waals surface area (Å²) in [5, 5.41) is 3.94. The zero-order valence-electron chi connectivity index (χ0n) is 10.5. The molecular formula is C14H23NS. The molecule has 0 aromatic heterocycles. The SMILES string of the molecule is CCC(S)CCNc1ccc(C(C)C)cc1. The second kappa shape index (κ2) is 6.85.